The summed E-state index contributed by atoms with van der Waals surface area (Å²) in [6.45, 7) is 7.89. The smallest absolute Gasteiger partial charge is 0.407 e. The van der Waals surface area contributed by atoms with E-state index in [0.717, 1.165) is 37.7 Å². The van der Waals surface area contributed by atoms with E-state index in [1.54, 1.807) is 0 Å². The molecule has 6 nitrogen and oxygen atoms in total. The normalized spacial score (nSPS) is 18.4. The van der Waals surface area contributed by atoms with Gasteiger partial charge in [0.2, 0.25) is 11.7 Å². The minimum Gasteiger partial charge on any atom is -0.444 e. The van der Waals surface area contributed by atoms with Gasteiger partial charge in [-0.25, -0.2) is 4.79 Å². The number of alkyl carbamates (subject to hydrolysis) is 1. The van der Waals surface area contributed by atoms with Crippen LogP contribution < -0.4 is 5.32 Å². The lowest BCUT2D eigenvalue weighted by atomic mass is 9.85. The Morgan fingerprint density at radius 2 is 1.71 bits per heavy atom. The molecular weight excluding hydrogens is 438 g/mol. The third-order valence-corrected chi connectivity index (χ3v) is 6.72. The number of unbranched alkanes of at least 4 members (excludes halogenated alkanes) is 7. The van der Waals surface area contributed by atoms with Gasteiger partial charge in [-0.05, 0) is 58.4 Å². The largest absolute Gasteiger partial charge is 0.444 e. The van der Waals surface area contributed by atoms with Gasteiger partial charge in [0.05, 0.1) is 0 Å². The molecule has 1 aromatic heterocycles. The summed E-state index contributed by atoms with van der Waals surface area (Å²) in [6.07, 6.45) is 15.3. The lowest BCUT2D eigenvalue weighted by molar-refractivity contribution is 0.0488. The van der Waals surface area contributed by atoms with E-state index in [4.69, 9.17) is 14.2 Å². The van der Waals surface area contributed by atoms with Gasteiger partial charge in [-0.3, -0.25) is 0 Å². The maximum atomic E-state index is 12.1. The van der Waals surface area contributed by atoms with Gasteiger partial charge in [0, 0.05) is 17.5 Å². The molecule has 1 aliphatic carbocycles. The van der Waals surface area contributed by atoms with Crippen molar-refractivity contribution in [1.82, 2.24) is 15.5 Å². The molecule has 1 aliphatic rings. The minimum atomic E-state index is -0.497. The lowest BCUT2D eigenvalue weighted by Gasteiger charge is -2.29. The summed E-state index contributed by atoms with van der Waals surface area (Å²) in [6, 6.07) is 8.64. The summed E-state index contributed by atoms with van der Waals surface area (Å²) in [7, 11) is 0. The Kier molecular flexibility index (Phi) is 10.6. The van der Waals surface area contributed by atoms with Crippen molar-refractivity contribution in [2.75, 3.05) is 0 Å². The van der Waals surface area contributed by atoms with Crippen molar-refractivity contribution in [3.05, 3.63) is 35.7 Å². The number of ether oxygens (including phenoxy) is 1. The highest BCUT2D eigenvalue weighted by Gasteiger charge is 2.29. The van der Waals surface area contributed by atoms with Gasteiger partial charge in [0.1, 0.15) is 5.60 Å². The molecule has 2 atom stereocenters. The Hall–Kier alpha value is -2.37. The first-order chi connectivity index (χ1) is 16.8. The fourth-order valence-corrected chi connectivity index (χ4v) is 4.82. The molecule has 0 bridgehead atoms. The van der Waals surface area contributed by atoms with Crippen LogP contribution in [0.3, 0.4) is 0 Å². The van der Waals surface area contributed by atoms with Crippen LogP contribution in [0.1, 0.15) is 122 Å². The van der Waals surface area contributed by atoms with Gasteiger partial charge < -0.3 is 14.6 Å². The van der Waals surface area contributed by atoms with E-state index in [0.29, 0.717) is 11.7 Å². The topological polar surface area (TPSA) is 77.2 Å². The molecule has 1 amide bonds. The van der Waals surface area contributed by atoms with E-state index in [1.807, 2.05) is 20.8 Å². The second-order valence-electron chi connectivity index (χ2n) is 11.1. The number of rotatable bonds is 12. The van der Waals surface area contributed by atoms with Crippen LogP contribution in [0, 0.1) is 0 Å². The molecule has 1 fully saturated rings. The van der Waals surface area contributed by atoms with E-state index in [-0.39, 0.29) is 18.1 Å². The number of aryl methyl sites for hydroxylation is 1. The Labute approximate surface area is 211 Å². The number of carbonyl (C=O) groups excluding carboxylic acids is 1. The molecule has 0 aliphatic heterocycles. The number of benzene rings is 1. The molecule has 3 rings (SSSR count). The van der Waals surface area contributed by atoms with E-state index in [9.17, 15) is 4.79 Å². The van der Waals surface area contributed by atoms with Crippen molar-refractivity contribution in [3.63, 3.8) is 0 Å². The Balaban J connectivity index is 1.44. The molecule has 35 heavy (non-hydrogen) atoms. The zero-order valence-electron chi connectivity index (χ0n) is 22.3. The third kappa shape index (κ3) is 9.65. The molecular formula is C29H45N3O3. The number of hydrogen-bond donors (Lipinski definition) is 1. The zero-order chi connectivity index (χ0) is 25.1. The van der Waals surface area contributed by atoms with Crippen molar-refractivity contribution in [2.24, 2.45) is 0 Å². The van der Waals surface area contributed by atoms with Crippen molar-refractivity contribution < 1.29 is 14.1 Å². The predicted molar refractivity (Wildman–Crippen MR) is 140 cm³/mol. The highest BCUT2D eigenvalue weighted by molar-refractivity contribution is 5.68. The SMILES string of the molecule is CCCCCCCCCCc1ccc(-c2noc([C@H]3CCC[C@@H](NC(=O)OC(C)(C)C)C3)n2)cc1. The molecule has 194 valence electrons. The number of hydrogen-bond acceptors (Lipinski definition) is 5. The molecule has 1 heterocycles. The third-order valence-electron chi connectivity index (χ3n) is 6.72. The van der Waals surface area contributed by atoms with Crippen molar-refractivity contribution in [3.8, 4) is 11.4 Å². The first-order valence-corrected chi connectivity index (χ1v) is 13.8. The zero-order valence-corrected chi connectivity index (χ0v) is 22.3. The standard InChI is InChI=1S/C29H45N3O3/c1-5-6-7-8-9-10-11-12-14-22-17-19-23(20-18-22)26-31-27(35-32-26)24-15-13-16-25(21-24)30-28(33)34-29(2,3)4/h17-20,24-25H,5-16,21H2,1-4H3,(H,30,33)/t24-,25+/m0/s1. The van der Waals surface area contributed by atoms with Crippen LogP contribution in [-0.4, -0.2) is 27.9 Å². The fourth-order valence-electron chi connectivity index (χ4n) is 4.82. The van der Waals surface area contributed by atoms with Crippen LogP contribution >= 0.6 is 0 Å². The fraction of sp³-hybridized carbons (Fsp3) is 0.690. The molecule has 6 heteroatoms. The Morgan fingerprint density at radius 1 is 1.03 bits per heavy atom. The molecule has 1 N–H and O–H groups in total. The molecule has 0 saturated heterocycles. The number of amides is 1. The molecule has 1 aromatic carbocycles. The second-order valence-corrected chi connectivity index (χ2v) is 11.1. The van der Waals surface area contributed by atoms with Crippen LogP contribution in [0.5, 0.6) is 0 Å². The monoisotopic (exact) mass is 483 g/mol. The van der Waals surface area contributed by atoms with Gasteiger partial charge in [0.15, 0.2) is 0 Å². The highest BCUT2D eigenvalue weighted by Crippen LogP contribution is 2.33. The number of aromatic nitrogens is 2. The number of nitrogens with zero attached hydrogens (tertiary/aromatic N) is 2. The van der Waals surface area contributed by atoms with E-state index < -0.39 is 5.60 Å². The number of nitrogens with one attached hydrogen (secondary N) is 1. The highest BCUT2D eigenvalue weighted by atomic mass is 16.6. The Bertz CT molecular complexity index is 885. The molecule has 0 spiro atoms. The van der Waals surface area contributed by atoms with E-state index >= 15 is 0 Å². The van der Waals surface area contributed by atoms with Crippen LogP contribution in [0.4, 0.5) is 4.79 Å². The van der Waals surface area contributed by atoms with Crippen LogP contribution in [0.2, 0.25) is 0 Å². The number of carbonyl (C=O) groups is 1. The second kappa shape index (κ2) is 13.6. The summed E-state index contributed by atoms with van der Waals surface area (Å²) >= 11 is 0. The van der Waals surface area contributed by atoms with E-state index in [1.165, 1.54) is 56.9 Å². The minimum absolute atomic E-state index is 0.0644. The predicted octanol–water partition coefficient (Wildman–Crippen LogP) is 7.97. The van der Waals surface area contributed by atoms with Crippen LogP contribution in [0.15, 0.2) is 28.8 Å². The summed E-state index contributed by atoms with van der Waals surface area (Å²) in [5.41, 5.74) is 1.86. The van der Waals surface area contributed by atoms with Crippen molar-refractivity contribution in [1.29, 1.82) is 0 Å². The van der Waals surface area contributed by atoms with Gasteiger partial charge in [-0.2, -0.15) is 4.98 Å². The van der Waals surface area contributed by atoms with Crippen molar-refractivity contribution in [2.45, 2.75) is 129 Å². The summed E-state index contributed by atoms with van der Waals surface area (Å²) in [5.74, 6) is 1.46. The van der Waals surface area contributed by atoms with E-state index in [2.05, 4.69) is 41.7 Å². The van der Waals surface area contributed by atoms with Crippen LogP contribution in [0.25, 0.3) is 11.4 Å². The maximum absolute atomic E-state index is 12.1. The molecule has 0 radical (unpaired) electrons. The van der Waals surface area contributed by atoms with Gasteiger partial charge >= 0.3 is 6.09 Å². The summed E-state index contributed by atoms with van der Waals surface area (Å²) in [4.78, 5) is 16.9. The van der Waals surface area contributed by atoms with Gasteiger partial charge in [-0.15, -0.1) is 0 Å². The summed E-state index contributed by atoms with van der Waals surface area (Å²) in [5, 5.41) is 7.25. The average Bonchev–Trinajstić information content (AvgIpc) is 3.30. The quantitative estimate of drug-likeness (QED) is 0.310. The molecule has 2 aromatic rings. The first-order valence-electron chi connectivity index (χ1n) is 13.8. The van der Waals surface area contributed by atoms with Crippen molar-refractivity contribution >= 4 is 6.09 Å². The maximum Gasteiger partial charge on any atom is 0.407 e. The lowest BCUT2D eigenvalue weighted by Crippen LogP contribution is -2.41. The average molecular weight is 484 g/mol. The van der Waals surface area contributed by atoms with Gasteiger partial charge in [0.25, 0.3) is 0 Å². The molecule has 0 unspecified atom stereocenters. The van der Waals surface area contributed by atoms with Crippen LogP contribution in [-0.2, 0) is 11.2 Å². The Morgan fingerprint density at radius 3 is 2.40 bits per heavy atom. The summed E-state index contributed by atoms with van der Waals surface area (Å²) < 4.78 is 11.1. The first kappa shape index (κ1) is 27.2. The molecule has 1 saturated carbocycles. The van der Waals surface area contributed by atoms with Gasteiger partial charge in [-0.1, -0.05) is 87.7 Å².